The first-order valence-corrected chi connectivity index (χ1v) is 8.18. The first-order valence-electron chi connectivity index (χ1n) is 7.36. The zero-order valence-corrected chi connectivity index (χ0v) is 13.5. The maximum absolute atomic E-state index is 11.5. The summed E-state index contributed by atoms with van der Waals surface area (Å²) in [5.74, 6) is 1.52. The van der Waals surface area contributed by atoms with Crippen molar-refractivity contribution in [2.45, 2.75) is 0 Å². The Morgan fingerprint density at radius 1 is 0.875 bits per heavy atom. The minimum absolute atomic E-state index is 0.265. The van der Waals surface area contributed by atoms with Gasteiger partial charge in [-0.3, -0.25) is 9.59 Å². The molecule has 1 amide bonds. The highest BCUT2D eigenvalue weighted by Gasteiger charge is 2.25. The first kappa shape index (κ1) is 16.1. The average molecular weight is 341 g/mol. The van der Waals surface area contributed by atoms with Gasteiger partial charge in [0.05, 0.1) is 5.70 Å². The average Bonchev–Trinajstić information content (AvgIpc) is 2.91. The van der Waals surface area contributed by atoms with Crippen molar-refractivity contribution in [2.24, 2.45) is 0 Å². The highest BCUT2D eigenvalue weighted by molar-refractivity contribution is 8.27. The molecule has 0 saturated carbocycles. The topological polar surface area (TPSA) is 64.6 Å². The predicted molar refractivity (Wildman–Crippen MR) is 93.0 cm³/mol. The van der Waals surface area contributed by atoms with E-state index in [1.807, 2.05) is 54.6 Å². The van der Waals surface area contributed by atoms with Crippen LogP contribution in [0, 0.1) is 0 Å². The monoisotopic (exact) mass is 341 g/mol. The minimum Gasteiger partial charge on any atom is -0.490 e. The zero-order chi connectivity index (χ0) is 16.8. The summed E-state index contributed by atoms with van der Waals surface area (Å²) in [6.07, 6.45) is 1.64. The van der Waals surface area contributed by atoms with Gasteiger partial charge in [0.25, 0.3) is 5.24 Å². The summed E-state index contributed by atoms with van der Waals surface area (Å²) in [4.78, 5) is 22.6. The molecule has 2 aromatic carbocycles. The van der Waals surface area contributed by atoms with Crippen LogP contribution in [-0.2, 0) is 4.79 Å². The van der Waals surface area contributed by atoms with Gasteiger partial charge in [0, 0.05) is 11.8 Å². The summed E-state index contributed by atoms with van der Waals surface area (Å²) in [6.45, 7) is 0.883. The molecule has 1 fully saturated rings. The van der Waals surface area contributed by atoms with Crippen molar-refractivity contribution in [2.75, 3.05) is 13.2 Å². The molecular formula is C18H15NO4S. The highest BCUT2D eigenvalue weighted by atomic mass is 32.2. The van der Waals surface area contributed by atoms with Gasteiger partial charge in [-0.2, -0.15) is 0 Å². The number of rotatable bonds is 6. The zero-order valence-electron chi connectivity index (χ0n) is 12.7. The summed E-state index contributed by atoms with van der Waals surface area (Å²) < 4.78 is 11.2. The van der Waals surface area contributed by atoms with Crippen molar-refractivity contribution < 1.29 is 19.1 Å². The Kier molecular flexibility index (Phi) is 5.18. The number of benzene rings is 2. The molecule has 1 heterocycles. The molecule has 1 aliphatic heterocycles. The van der Waals surface area contributed by atoms with Crippen molar-refractivity contribution in [1.82, 2.24) is 5.32 Å². The van der Waals surface area contributed by atoms with Gasteiger partial charge in [0.2, 0.25) is 5.12 Å². The highest BCUT2D eigenvalue weighted by Crippen LogP contribution is 2.21. The Morgan fingerprint density at radius 2 is 1.50 bits per heavy atom. The molecule has 1 N–H and O–H groups in total. The number of ether oxygens (including phenoxy) is 2. The Morgan fingerprint density at radius 3 is 2.08 bits per heavy atom. The summed E-state index contributed by atoms with van der Waals surface area (Å²) in [6, 6.07) is 16.8. The van der Waals surface area contributed by atoms with E-state index in [0.29, 0.717) is 36.4 Å². The molecule has 0 unspecified atom stereocenters. The normalized spacial score (nSPS) is 15.4. The predicted octanol–water partition coefficient (Wildman–Crippen LogP) is 3.47. The minimum atomic E-state index is -0.343. The Balaban J connectivity index is 1.49. The van der Waals surface area contributed by atoms with Gasteiger partial charge in [-0.15, -0.1) is 0 Å². The van der Waals surface area contributed by atoms with E-state index in [4.69, 9.17) is 9.47 Å². The molecule has 122 valence electrons. The van der Waals surface area contributed by atoms with Crippen LogP contribution < -0.4 is 14.8 Å². The van der Waals surface area contributed by atoms with Gasteiger partial charge < -0.3 is 14.8 Å². The summed E-state index contributed by atoms with van der Waals surface area (Å²) in [5, 5.41) is 1.90. The fourth-order valence-electron chi connectivity index (χ4n) is 2.08. The fourth-order valence-corrected chi connectivity index (χ4v) is 2.63. The molecule has 2 aromatic rings. The van der Waals surface area contributed by atoms with E-state index in [0.717, 1.165) is 11.3 Å². The molecule has 0 spiro atoms. The summed E-state index contributed by atoms with van der Waals surface area (Å²) in [5.41, 5.74) is 1.11. The van der Waals surface area contributed by atoms with Crippen LogP contribution in [0.15, 0.2) is 60.3 Å². The van der Waals surface area contributed by atoms with Crippen LogP contribution in [0.3, 0.4) is 0 Å². The number of carbonyl (C=O) groups excluding carboxylic acids is 2. The van der Waals surface area contributed by atoms with Crippen molar-refractivity contribution in [3.8, 4) is 11.5 Å². The molecular weight excluding hydrogens is 326 g/mol. The number of para-hydroxylation sites is 1. The van der Waals surface area contributed by atoms with Crippen LogP contribution in [0.2, 0.25) is 0 Å². The van der Waals surface area contributed by atoms with E-state index in [-0.39, 0.29) is 10.4 Å². The lowest BCUT2D eigenvalue weighted by atomic mass is 10.2. The number of nitrogens with one attached hydrogen (secondary N) is 1. The SMILES string of the molecule is O=C1NC(=Cc2ccc(OCCOc3ccccc3)cc2)C(=O)S1. The van der Waals surface area contributed by atoms with Crippen molar-refractivity contribution >= 4 is 28.2 Å². The van der Waals surface area contributed by atoms with Gasteiger partial charge in [0.15, 0.2) is 0 Å². The van der Waals surface area contributed by atoms with Crippen molar-refractivity contribution in [1.29, 1.82) is 0 Å². The third-order valence-corrected chi connectivity index (χ3v) is 3.89. The van der Waals surface area contributed by atoms with E-state index in [9.17, 15) is 9.59 Å². The van der Waals surface area contributed by atoms with Gasteiger partial charge in [-0.1, -0.05) is 30.3 Å². The largest absolute Gasteiger partial charge is 0.490 e. The van der Waals surface area contributed by atoms with Crippen LogP contribution in [0.5, 0.6) is 11.5 Å². The Hall–Kier alpha value is -2.73. The van der Waals surface area contributed by atoms with E-state index in [1.165, 1.54) is 0 Å². The van der Waals surface area contributed by atoms with E-state index in [1.54, 1.807) is 6.08 Å². The lowest BCUT2D eigenvalue weighted by Gasteiger charge is -2.08. The second-order valence-corrected chi connectivity index (χ2v) is 5.88. The van der Waals surface area contributed by atoms with Gasteiger partial charge in [0.1, 0.15) is 24.7 Å². The van der Waals surface area contributed by atoms with Crippen LogP contribution in [-0.4, -0.2) is 23.6 Å². The summed E-state index contributed by atoms with van der Waals surface area (Å²) in [7, 11) is 0. The molecule has 1 saturated heterocycles. The first-order chi connectivity index (χ1) is 11.7. The molecule has 0 aliphatic carbocycles. The second-order valence-electron chi connectivity index (χ2n) is 4.94. The lowest BCUT2D eigenvalue weighted by Crippen LogP contribution is -2.10. The Bertz CT molecular complexity index is 756. The number of thioether (sulfide) groups is 1. The molecule has 0 radical (unpaired) electrons. The van der Waals surface area contributed by atoms with Gasteiger partial charge in [-0.25, -0.2) is 0 Å². The van der Waals surface area contributed by atoms with Crippen molar-refractivity contribution in [3.63, 3.8) is 0 Å². The van der Waals surface area contributed by atoms with Crippen LogP contribution in [0.25, 0.3) is 6.08 Å². The molecule has 5 nitrogen and oxygen atoms in total. The van der Waals surface area contributed by atoms with Crippen molar-refractivity contribution in [3.05, 3.63) is 65.9 Å². The molecule has 0 bridgehead atoms. The van der Waals surface area contributed by atoms with Crippen LogP contribution in [0.4, 0.5) is 4.79 Å². The third kappa shape index (κ3) is 4.39. The quantitative estimate of drug-likeness (QED) is 0.644. The molecule has 3 rings (SSSR count). The number of hydrogen-bond acceptors (Lipinski definition) is 5. The third-order valence-electron chi connectivity index (χ3n) is 3.20. The maximum atomic E-state index is 11.5. The van der Waals surface area contributed by atoms with E-state index in [2.05, 4.69) is 5.32 Å². The standard InChI is InChI=1S/C18H15NO4S/c20-17-16(19-18(21)24-17)12-13-6-8-15(9-7-13)23-11-10-22-14-4-2-1-3-5-14/h1-9,12H,10-11H2,(H,19,21). The van der Waals surface area contributed by atoms with Crippen LogP contribution >= 0.6 is 11.8 Å². The number of carbonyl (C=O) groups is 2. The Labute approximate surface area is 143 Å². The maximum Gasteiger partial charge on any atom is 0.291 e. The molecule has 0 aromatic heterocycles. The smallest absolute Gasteiger partial charge is 0.291 e. The number of hydrogen-bond donors (Lipinski definition) is 1. The van der Waals surface area contributed by atoms with E-state index < -0.39 is 0 Å². The summed E-state index contributed by atoms with van der Waals surface area (Å²) >= 11 is 0.667. The fraction of sp³-hybridized carbons (Fsp3) is 0.111. The second kappa shape index (κ2) is 7.70. The van der Waals surface area contributed by atoms with Gasteiger partial charge in [-0.05, 0) is 35.9 Å². The molecule has 24 heavy (non-hydrogen) atoms. The molecule has 6 heteroatoms. The number of amides is 1. The molecule has 0 atom stereocenters. The molecule has 1 aliphatic rings. The van der Waals surface area contributed by atoms with E-state index >= 15 is 0 Å². The van der Waals surface area contributed by atoms with Gasteiger partial charge >= 0.3 is 0 Å². The lowest BCUT2D eigenvalue weighted by molar-refractivity contribution is -0.107. The van der Waals surface area contributed by atoms with Crippen LogP contribution in [0.1, 0.15) is 5.56 Å².